The SMILES string of the molecule is Cc1nc(C)n(CCCCCl)n1. The molecule has 0 bridgehead atoms. The van der Waals surface area contributed by atoms with Crippen molar-refractivity contribution in [3.8, 4) is 0 Å². The van der Waals surface area contributed by atoms with Crippen LogP contribution >= 0.6 is 11.6 Å². The van der Waals surface area contributed by atoms with E-state index in [1.165, 1.54) is 0 Å². The van der Waals surface area contributed by atoms with Gasteiger partial charge in [0.25, 0.3) is 0 Å². The van der Waals surface area contributed by atoms with E-state index in [2.05, 4.69) is 10.1 Å². The molecule has 1 aromatic heterocycles. The minimum atomic E-state index is 0.729. The molecule has 3 nitrogen and oxygen atoms in total. The topological polar surface area (TPSA) is 30.7 Å². The maximum Gasteiger partial charge on any atom is 0.147 e. The molecule has 0 amide bonds. The van der Waals surface area contributed by atoms with Gasteiger partial charge in [0, 0.05) is 12.4 Å². The molecule has 0 aromatic carbocycles. The summed E-state index contributed by atoms with van der Waals surface area (Å²) in [7, 11) is 0. The molecule has 0 radical (unpaired) electrons. The molecule has 4 heteroatoms. The van der Waals surface area contributed by atoms with Gasteiger partial charge < -0.3 is 0 Å². The highest BCUT2D eigenvalue weighted by Gasteiger charge is 2.00. The van der Waals surface area contributed by atoms with Gasteiger partial charge in [0.1, 0.15) is 11.6 Å². The van der Waals surface area contributed by atoms with Crippen LogP contribution in [0.15, 0.2) is 0 Å². The Balaban J connectivity index is 2.45. The van der Waals surface area contributed by atoms with Crippen molar-refractivity contribution < 1.29 is 0 Å². The Morgan fingerprint density at radius 1 is 1.33 bits per heavy atom. The molecule has 0 aliphatic carbocycles. The second-order valence-corrected chi connectivity index (χ2v) is 3.20. The van der Waals surface area contributed by atoms with Gasteiger partial charge in [-0.05, 0) is 26.7 Å². The van der Waals surface area contributed by atoms with Crippen LogP contribution in [0.3, 0.4) is 0 Å². The molecule has 0 fully saturated rings. The van der Waals surface area contributed by atoms with Crippen LogP contribution in [0.1, 0.15) is 24.5 Å². The fourth-order valence-electron chi connectivity index (χ4n) is 1.13. The molecule has 1 aromatic rings. The van der Waals surface area contributed by atoms with Crippen LogP contribution in [-0.2, 0) is 6.54 Å². The summed E-state index contributed by atoms with van der Waals surface area (Å²) in [6, 6.07) is 0. The number of hydrogen-bond acceptors (Lipinski definition) is 2. The molecule has 1 heterocycles. The number of aromatic nitrogens is 3. The molecule has 0 N–H and O–H groups in total. The largest absolute Gasteiger partial charge is 0.250 e. The van der Waals surface area contributed by atoms with E-state index in [4.69, 9.17) is 11.6 Å². The predicted molar refractivity (Wildman–Crippen MR) is 49.5 cm³/mol. The lowest BCUT2D eigenvalue weighted by Crippen LogP contribution is -2.02. The third-order valence-corrected chi connectivity index (χ3v) is 1.98. The van der Waals surface area contributed by atoms with Crippen LogP contribution in [0.25, 0.3) is 0 Å². The van der Waals surface area contributed by atoms with E-state index >= 15 is 0 Å². The fraction of sp³-hybridized carbons (Fsp3) is 0.750. The first-order chi connectivity index (χ1) is 5.74. The first-order valence-electron chi connectivity index (χ1n) is 4.18. The van der Waals surface area contributed by atoms with Crippen LogP contribution < -0.4 is 0 Å². The number of nitrogens with zero attached hydrogens (tertiary/aromatic N) is 3. The molecular formula is C8H14ClN3. The summed E-state index contributed by atoms with van der Waals surface area (Å²) < 4.78 is 1.93. The van der Waals surface area contributed by atoms with Crippen molar-refractivity contribution in [2.24, 2.45) is 0 Å². The third-order valence-electron chi connectivity index (χ3n) is 1.72. The van der Waals surface area contributed by atoms with Crippen LogP contribution in [0.5, 0.6) is 0 Å². The summed E-state index contributed by atoms with van der Waals surface area (Å²) in [5.74, 6) is 2.56. The molecular weight excluding hydrogens is 174 g/mol. The number of alkyl halides is 1. The highest BCUT2D eigenvalue weighted by molar-refractivity contribution is 6.17. The Hall–Kier alpha value is -0.570. The maximum atomic E-state index is 5.57. The third kappa shape index (κ3) is 2.48. The van der Waals surface area contributed by atoms with Gasteiger partial charge in [-0.25, -0.2) is 4.98 Å². The lowest BCUT2D eigenvalue weighted by atomic mass is 10.3. The normalized spacial score (nSPS) is 10.6. The average Bonchev–Trinajstić information content (AvgIpc) is 2.31. The van der Waals surface area contributed by atoms with Crippen molar-refractivity contribution in [1.29, 1.82) is 0 Å². The maximum absolute atomic E-state index is 5.57. The first-order valence-corrected chi connectivity index (χ1v) is 4.71. The van der Waals surface area contributed by atoms with E-state index in [9.17, 15) is 0 Å². The van der Waals surface area contributed by atoms with E-state index < -0.39 is 0 Å². The second-order valence-electron chi connectivity index (χ2n) is 2.83. The Morgan fingerprint density at radius 2 is 2.08 bits per heavy atom. The van der Waals surface area contributed by atoms with E-state index in [0.717, 1.165) is 36.9 Å². The van der Waals surface area contributed by atoms with Gasteiger partial charge in [-0.1, -0.05) is 0 Å². The van der Waals surface area contributed by atoms with Gasteiger partial charge in [-0.15, -0.1) is 11.6 Å². The van der Waals surface area contributed by atoms with Crippen LogP contribution in [0.4, 0.5) is 0 Å². The zero-order chi connectivity index (χ0) is 8.97. The molecule has 0 spiro atoms. The van der Waals surface area contributed by atoms with Gasteiger partial charge >= 0.3 is 0 Å². The molecule has 0 saturated heterocycles. The summed E-state index contributed by atoms with van der Waals surface area (Å²) >= 11 is 5.57. The number of aryl methyl sites for hydroxylation is 3. The molecule has 0 aliphatic rings. The van der Waals surface area contributed by atoms with E-state index in [0.29, 0.717) is 0 Å². The molecule has 1 rings (SSSR count). The summed E-state index contributed by atoms with van der Waals surface area (Å²) in [4.78, 5) is 4.21. The lowest BCUT2D eigenvalue weighted by molar-refractivity contribution is 0.555. The molecule has 68 valence electrons. The molecule has 0 unspecified atom stereocenters. The summed E-state index contributed by atoms with van der Waals surface area (Å²) in [6.45, 7) is 4.81. The molecule has 12 heavy (non-hydrogen) atoms. The summed E-state index contributed by atoms with van der Waals surface area (Å²) in [6.07, 6.45) is 2.12. The van der Waals surface area contributed by atoms with Gasteiger partial charge in [-0.3, -0.25) is 4.68 Å². The van der Waals surface area contributed by atoms with Crippen molar-refractivity contribution in [2.45, 2.75) is 33.2 Å². The average molecular weight is 188 g/mol. The van der Waals surface area contributed by atoms with Gasteiger partial charge in [0.15, 0.2) is 0 Å². The zero-order valence-corrected chi connectivity index (χ0v) is 8.30. The molecule has 0 aliphatic heterocycles. The van der Waals surface area contributed by atoms with Crippen molar-refractivity contribution in [2.75, 3.05) is 5.88 Å². The monoisotopic (exact) mass is 187 g/mol. The Kier molecular flexibility index (Phi) is 3.53. The number of halogens is 1. The minimum absolute atomic E-state index is 0.729. The Labute approximate surface area is 77.8 Å². The van der Waals surface area contributed by atoms with Crippen LogP contribution in [0.2, 0.25) is 0 Å². The Morgan fingerprint density at radius 3 is 2.58 bits per heavy atom. The predicted octanol–water partition coefficient (Wildman–Crippen LogP) is 1.91. The quantitative estimate of drug-likeness (QED) is 0.533. The van der Waals surface area contributed by atoms with Gasteiger partial charge in [-0.2, -0.15) is 5.10 Å². The van der Waals surface area contributed by atoms with E-state index in [1.54, 1.807) is 0 Å². The van der Waals surface area contributed by atoms with E-state index in [-0.39, 0.29) is 0 Å². The van der Waals surface area contributed by atoms with Gasteiger partial charge in [0.05, 0.1) is 0 Å². The Bertz CT molecular complexity index is 244. The summed E-state index contributed by atoms with van der Waals surface area (Å²) in [5.41, 5.74) is 0. The first kappa shape index (κ1) is 9.52. The zero-order valence-electron chi connectivity index (χ0n) is 7.55. The number of hydrogen-bond donors (Lipinski definition) is 0. The second kappa shape index (κ2) is 4.45. The minimum Gasteiger partial charge on any atom is -0.250 e. The van der Waals surface area contributed by atoms with Crippen molar-refractivity contribution in [1.82, 2.24) is 14.8 Å². The number of unbranched alkanes of at least 4 members (excludes halogenated alkanes) is 1. The molecule has 0 saturated carbocycles. The molecule has 0 atom stereocenters. The summed E-state index contributed by atoms with van der Waals surface area (Å²) in [5, 5.41) is 4.24. The van der Waals surface area contributed by atoms with Crippen molar-refractivity contribution in [3.63, 3.8) is 0 Å². The fourth-order valence-corrected chi connectivity index (χ4v) is 1.32. The van der Waals surface area contributed by atoms with Gasteiger partial charge in [0.2, 0.25) is 0 Å². The van der Waals surface area contributed by atoms with Crippen molar-refractivity contribution >= 4 is 11.6 Å². The number of rotatable bonds is 4. The van der Waals surface area contributed by atoms with E-state index in [1.807, 2.05) is 18.5 Å². The lowest BCUT2D eigenvalue weighted by Gasteiger charge is -2.00. The highest BCUT2D eigenvalue weighted by Crippen LogP contribution is 2.00. The standard InChI is InChI=1S/C8H14ClN3/c1-7-10-8(2)12(11-7)6-4-3-5-9/h3-6H2,1-2H3. The highest BCUT2D eigenvalue weighted by atomic mass is 35.5. The van der Waals surface area contributed by atoms with Crippen molar-refractivity contribution in [3.05, 3.63) is 11.6 Å². The van der Waals surface area contributed by atoms with Crippen LogP contribution in [-0.4, -0.2) is 20.6 Å². The van der Waals surface area contributed by atoms with Crippen LogP contribution in [0, 0.1) is 13.8 Å². The smallest absolute Gasteiger partial charge is 0.147 e.